The van der Waals surface area contributed by atoms with Crippen LogP contribution in [0, 0.1) is 0 Å². The molecule has 0 unspecified atom stereocenters. The molecule has 5 nitrogen and oxygen atoms in total. The fourth-order valence-electron chi connectivity index (χ4n) is 2.30. The van der Waals surface area contributed by atoms with Crippen LogP contribution in [0.2, 0.25) is 0 Å². The van der Waals surface area contributed by atoms with E-state index in [2.05, 4.69) is 15.6 Å². The van der Waals surface area contributed by atoms with Crippen LogP contribution in [0.1, 0.15) is 10.4 Å². The highest BCUT2D eigenvalue weighted by Gasteiger charge is 2.09. The first-order valence-electron chi connectivity index (χ1n) is 8.16. The molecule has 26 heavy (non-hydrogen) atoms. The van der Waals surface area contributed by atoms with Crippen LogP contribution in [0.3, 0.4) is 0 Å². The van der Waals surface area contributed by atoms with Crippen molar-refractivity contribution in [1.82, 2.24) is 5.32 Å². The second-order valence-electron chi connectivity index (χ2n) is 5.47. The van der Waals surface area contributed by atoms with E-state index in [9.17, 15) is 4.79 Å². The molecular weight excluding hydrogens is 326 g/mol. The molecule has 0 aliphatic heterocycles. The van der Waals surface area contributed by atoms with Crippen LogP contribution in [-0.2, 0) is 0 Å². The number of hydrogen-bond donors (Lipinski definition) is 2. The van der Waals surface area contributed by atoms with Gasteiger partial charge in [0.1, 0.15) is 5.75 Å². The maximum absolute atomic E-state index is 12.5. The van der Waals surface area contributed by atoms with E-state index in [1.165, 1.54) is 0 Å². The van der Waals surface area contributed by atoms with Gasteiger partial charge in [-0.25, -0.2) is 4.99 Å². The summed E-state index contributed by atoms with van der Waals surface area (Å²) in [6.07, 6.45) is 0. The molecule has 5 heteroatoms. The summed E-state index contributed by atoms with van der Waals surface area (Å²) in [7, 11) is 1.61. The lowest BCUT2D eigenvalue weighted by atomic mass is 10.2. The van der Waals surface area contributed by atoms with Gasteiger partial charge >= 0.3 is 0 Å². The van der Waals surface area contributed by atoms with Gasteiger partial charge < -0.3 is 10.1 Å². The zero-order valence-electron chi connectivity index (χ0n) is 14.3. The molecule has 0 spiro atoms. The van der Waals surface area contributed by atoms with E-state index in [1.54, 1.807) is 19.2 Å². The van der Waals surface area contributed by atoms with Crippen LogP contribution < -0.4 is 15.4 Å². The van der Waals surface area contributed by atoms with Gasteiger partial charge in [-0.3, -0.25) is 10.1 Å². The van der Waals surface area contributed by atoms with E-state index >= 15 is 0 Å². The number of aliphatic imine (C=N–C) groups is 1. The number of rotatable bonds is 4. The van der Waals surface area contributed by atoms with Crippen LogP contribution in [0.4, 0.5) is 11.4 Å². The second-order valence-corrected chi connectivity index (χ2v) is 5.47. The summed E-state index contributed by atoms with van der Waals surface area (Å²) < 4.78 is 5.16. The number of amides is 1. The number of guanidine groups is 1. The molecule has 0 aliphatic rings. The molecule has 3 rings (SSSR count). The lowest BCUT2D eigenvalue weighted by Crippen LogP contribution is -2.35. The van der Waals surface area contributed by atoms with Crippen LogP contribution >= 0.6 is 0 Å². The van der Waals surface area contributed by atoms with Gasteiger partial charge in [0.05, 0.1) is 12.8 Å². The molecule has 2 N–H and O–H groups in total. The van der Waals surface area contributed by atoms with E-state index in [0.29, 0.717) is 17.2 Å². The highest BCUT2D eigenvalue weighted by Crippen LogP contribution is 2.18. The number of ether oxygens (including phenoxy) is 1. The number of carbonyl (C=O) groups excluding carboxylic acids is 1. The highest BCUT2D eigenvalue weighted by atomic mass is 16.5. The number of anilines is 1. The molecule has 0 bridgehead atoms. The first-order valence-corrected chi connectivity index (χ1v) is 8.16. The van der Waals surface area contributed by atoms with Crippen molar-refractivity contribution in [1.29, 1.82) is 0 Å². The molecular formula is C21H19N3O2. The van der Waals surface area contributed by atoms with Gasteiger partial charge in [-0.15, -0.1) is 0 Å². The Balaban J connectivity index is 1.85. The number of hydrogen-bond acceptors (Lipinski definition) is 3. The lowest BCUT2D eigenvalue weighted by Gasteiger charge is -2.12. The van der Waals surface area contributed by atoms with Gasteiger partial charge in [0.2, 0.25) is 5.96 Å². The minimum Gasteiger partial charge on any atom is -0.497 e. The Kier molecular flexibility index (Phi) is 5.62. The molecule has 130 valence electrons. The molecule has 0 saturated heterocycles. The zero-order valence-corrected chi connectivity index (χ0v) is 14.3. The topological polar surface area (TPSA) is 62.7 Å². The number of para-hydroxylation sites is 1. The fraction of sp³-hybridized carbons (Fsp3) is 0.0476. The Bertz CT molecular complexity index is 876. The van der Waals surface area contributed by atoms with Crippen molar-refractivity contribution in [3.63, 3.8) is 0 Å². The lowest BCUT2D eigenvalue weighted by molar-refractivity contribution is 0.0977. The van der Waals surface area contributed by atoms with Crippen LogP contribution in [-0.4, -0.2) is 19.0 Å². The van der Waals surface area contributed by atoms with E-state index in [0.717, 1.165) is 11.4 Å². The van der Waals surface area contributed by atoms with Crippen molar-refractivity contribution in [2.75, 3.05) is 12.4 Å². The van der Waals surface area contributed by atoms with Crippen molar-refractivity contribution < 1.29 is 9.53 Å². The third-order valence-corrected chi connectivity index (χ3v) is 3.62. The quantitative estimate of drug-likeness (QED) is 0.549. The molecule has 0 saturated carbocycles. The molecule has 0 heterocycles. The van der Waals surface area contributed by atoms with Gasteiger partial charge in [0.25, 0.3) is 5.91 Å². The summed E-state index contributed by atoms with van der Waals surface area (Å²) in [5, 5.41) is 5.97. The standard InChI is InChI=1S/C21H19N3O2/c1-26-19-14-12-18(13-15-19)23-21(22-17-10-6-3-7-11-17)24-20(25)16-8-4-2-5-9-16/h2-15H,1H3,(H2,22,23,24,25). The summed E-state index contributed by atoms with van der Waals surface area (Å²) in [5.74, 6) is 0.853. The summed E-state index contributed by atoms with van der Waals surface area (Å²) in [6, 6.07) is 25.8. The van der Waals surface area contributed by atoms with Crippen molar-refractivity contribution in [2.45, 2.75) is 0 Å². The number of nitrogens with one attached hydrogen (secondary N) is 2. The van der Waals surface area contributed by atoms with Crippen molar-refractivity contribution in [3.8, 4) is 5.75 Å². The molecule has 3 aromatic carbocycles. The van der Waals surface area contributed by atoms with Gasteiger partial charge in [-0.1, -0.05) is 36.4 Å². The number of methoxy groups -OCH3 is 1. The van der Waals surface area contributed by atoms with Gasteiger partial charge in [0.15, 0.2) is 0 Å². The Morgan fingerprint density at radius 1 is 0.846 bits per heavy atom. The van der Waals surface area contributed by atoms with Gasteiger partial charge in [0, 0.05) is 11.3 Å². The Labute approximate surface area is 152 Å². The highest BCUT2D eigenvalue weighted by molar-refractivity contribution is 6.10. The largest absolute Gasteiger partial charge is 0.497 e. The Hall–Kier alpha value is -3.60. The van der Waals surface area contributed by atoms with Crippen molar-refractivity contribution in [2.24, 2.45) is 4.99 Å². The monoisotopic (exact) mass is 345 g/mol. The minimum absolute atomic E-state index is 0.235. The average Bonchev–Trinajstić information content (AvgIpc) is 2.70. The van der Waals surface area contributed by atoms with Crippen molar-refractivity contribution in [3.05, 3.63) is 90.5 Å². The molecule has 0 radical (unpaired) electrons. The van der Waals surface area contributed by atoms with E-state index in [1.807, 2.05) is 72.8 Å². The maximum Gasteiger partial charge on any atom is 0.257 e. The first kappa shape index (κ1) is 17.2. The molecule has 3 aromatic rings. The number of nitrogens with zero attached hydrogens (tertiary/aromatic N) is 1. The molecule has 0 aromatic heterocycles. The van der Waals surface area contributed by atoms with Gasteiger partial charge in [-0.2, -0.15) is 0 Å². The third kappa shape index (κ3) is 4.70. The molecule has 0 aliphatic carbocycles. The third-order valence-electron chi connectivity index (χ3n) is 3.62. The number of carbonyl (C=O) groups is 1. The summed E-state index contributed by atoms with van der Waals surface area (Å²) in [5.41, 5.74) is 2.08. The number of benzene rings is 3. The normalized spacial score (nSPS) is 10.9. The summed E-state index contributed by atoms with van der Waals surface area (Å²) in [4.78, 5) is 17.0. The van der Waals surface area contributed by atoms with E-state index < -0.39 is 0 Å². The van der Waals surface area contributed by atoms with Gasteiger partial charge in [-0.05, 0) is 48.5 Å². The van der Waals surface area contributed by atoms with Crippen LogP contribution in [0.5, 0.6) is 5.75 Å². The first-order chi connectivity index (χ1) is 12.7. The minimum atomic E-state index is -0.235. The molecule has 0 fully saturated rings. The zero-order chi connectivity index (χ0) is 18.2. The molecule has 0 atom stereocenters. The van der Waals surface area contributed by atoms with Crippen LogP contribution in [0.25, 0.3) is 0 Å². The van der Waals surface area contributed by atoms with E-state index in [-0.39, 0.29) is 5.91 Å². The summed E-state index contributed by atoms with van der Waals surface area (Å²) >= 11 is 0. The second kappa shape index (κ2) is 8.48. The van der Waals surface area contributed by atoms with Crippen LogP contribution in [0.15, 0.2) is 89.9 Å². The van der Waals surface area contributed by atoms with Crippen molar-refractivity contribution >= 4 is 23.2 Å². The average molecular weight is 345 g/mol. The summed E-state index contributed by atoms with van der Waals surface area (Å²) in [6.45, 7) is 0. The predicted molar refractivity (Wildman–Crippen MR) is 104 cm³/mol. The Morgan fingerprint density at radius 3 is 2.08 bits per heavy atom. The Morgan fingerprint density at radius 2 is 1.46 bits per heavy atom. The van der Waals surface area contributed by atoms with E-state index in [4.69, 9.17) is 4.74 Å². The maximum atomic E-state index is 12.5. The fourth-order valence-corrected chi connectivity index (χ4v) is 2.30. The SMILES string of the molecule is COc1ccc(N=C(NC(=O)c2ccccc2)Nc2ccccc2)cc1. The smallest absolute Gasteiger partial charge is 0.257 e. The molecule has 1 amide bonds. The predicted octanol–water partition coefficient (Wildman–Crippen LogP) is 4.22.